The Balaban J connectivity index is 1.44. The molecular weight excluding hydrogens is 430 g/mol. The van der Waals surface area contributed by atoms with Crippen LogP contribution >= 0.6 is 11.3 Å². The van der Waals surface area contributed by atoms with Crippen LogP contribution in [0.5, 0.6) is 0 Å². The molecule has 1 aliphatic rings. The lowest BCUT2D eigenvalue weighted by molar-refractivity contribution is -0.120. The van der Waals surface area contributed by atoms with Crippen molar-refractivity contribution in [3.8, 4) is 11.8 Å². The Kier molecular flexibility index (Phi) is 5.71. The van der Waals surface area contributed by atoms with Gasteiger partial charge in [0, 0.05) is 34.8 Å². The van der Waals surface area contributed by atoms with Gasteiger partial charge in [-0.15, -0.1) is 11.3 Å². The first-order valence-corrected chi connectivity index (χ1v) is 11.3. The van der Waals surface area contributed by atoms with Crippen molar-refractivity contribution in [2.75, 3.05) is 5.32 Å². The molecule has 2 amide bonds. The average molecular weight is 450 g/mol. The van der Waals surface area contributed by atoms with Gasteiger partial charge in [-0.3, -0.25) is 14.9 Å². The number of nitrogens with zero attached hydrogens (tertiary/aromatic N) is 2. The number of anilines is 1. The summed E-state index contributed by atoms with van der Waals surface area (Å²) >= 11 is 1.34. The maximum absolute atomic E-state index is 13.4. The molecule has 0 fully saturated rings. The van der Waals surface area contributed by atoms with E-state index in [1.54, 1.807) is 16.5 Å². The molecule has 1 atom stereocenters. The van der Waals surface area contributed by atoms with Gasteiger partial charge < -0.3 is 4.90 Å². The van der Waals surface area contributed by atoms with E-state index in [0.29, 0.717) is 17.2 Å². The van der Waals surface area contributed by atoms with Gasteiger partial charge in [0.05, 0.1) is 0 Å². The largest absolute Gasteiger partial charge is 0.318 e. The highest BCUT2D eigenvalue weighted by Crippen LogP contribution is 2.33. The summed E-state index contributed by atoms with van der Waals surface area (Å²) in [5, 5.41) is 5.14. The lowest BCUT2D eigenvalue weighted by Gasteiger charge is -2.27. The van der Waals surface area contributed by atoms with E-state index in [-0.39, 0.29) is 11.8 Å². The highest BCUT2D eigenvalue weighted by Gasteiger charge is 2.37. The molecule has 5 rings (SSSR count). The Morgan fingerprint density at radius 3 is 2.42 bits per heavy atom. The summed E-state index contributed by atoms with van der Waals surface area (Å²) in [5.74, 6) is 5.78. The molecule has 4 aromatic rings. The van der Waals surface area contributed by atoms with Crippen LogP contribution < -0.4 is 5.32 Å². The minimum Gasteiger partial charge on any atom is -0.318 e. The van der Waals surface area contributed by atoms with E-state index in [4.69, 9.17) is 0 Å². The normalized spacial score (nSPS) is 13.1. The Bertz CT molecular complexity index is 1360. The Morgan fingerprint density at radius 1 is 0.970 bits per heavy atom. The summed E-state index contributed by atoms with van der Waals surface area (Å²) in [4.78, 5) is 32.4. The standard InChI is InChI=1S/C27H19N3O2S/c31-25(29-27-28-15-16-33-27)24(21-9-5-2-6-10-21)30-18-22-14-13-20(17-23(22)26(30)32)12-11-19-7-3-1-4-8-19/h1-10,13-17,24H,18H2,(H,28,29,31)/t24-/m1/s1. The van der Waals surface area contributed by atoms with E-state index in [2.05, 4.69) is 22.1 Å². The number of carbonyl (C=O) groups is 2. The van der Waals surface area contributed by atoms with Gasteiger partial charge >= 0.3 is 0 Å². The minimum atomic E-state index is -0.770. The second kappa shape index (κ2) is 9.11. The highest BCUT2D eigenvalue weighted by atomic mass is 32.1. The maximum atomic E-state index is 13.4. The maximum Gasteiger partial charge on any atom is 0.255 e. The molecule has 0 saturated carbocycles. The van der Waals surface area contributed by atoms with E-state index < -0.39 is 6.04 Å². The molecule has 2 heterocycles. The van der Waals surface area contributed by atoms with Gasteiger partial charge in [-0.25, -0.2) is 4.98 Å². The van der Waals surface area contributed by atoms with Crippen LogP contribution in [0, 0.1) is 11.8 Å². The number of benzene rings is 3. The predicted molar refractivity (Wildman–Crippen MR) is 129 cm³/mol. The fraction of sp³-hybridized carbons (Fsp3) is 0.0741. The van der Waals surface area contributed by atoms with Crippen LogP contribution in [0.2, 0.25) is 0 Å². The quantitative estimate of drug-likeness (QED) is 0.452. The molecule has 0 radical (unpaired) electrons. The van der Waals surface area contributed by atoms with Crippen molar-refractivity contribution in [3.05, 3.63) is 118 Å². The van der Waals surface area contributed by atoms with Crippen molar-refractivity contribution in [2.45, 2.75) is 12.6 Å². The molecule has 6 heteroatoms. The second-order valence-electron chi connectivity index (χ2n) is 7.56. The van der Waals surface area contributed by atoms with Crippen molar-refractivity contribution >= 4 is 28.3 Å². The molecule has 1 aliphatic heterocycles. The van der Waals surface area contributed by atoms with Gasteiger partial charge in [0.15, 0.2) is 5.13 Å². The van der Waals surface area contributed by atoms with Crippen LogP contribution in [0.3, 0.4) is 0 Å². The van der Waals surface area contributed by atoms with Gasteiger partial charge in [0.2, 0.25) is 0 Å². The molecule has 0 bridgehead atoms. The SMILES string of the molecule is O=C(Nc1nccs1)[C@@H](c1ccccc1)N1Cc2ccc(C#Cc3ccccc3)cc2C1=O. The molecule has 3 aromatic carbocycles. The van der Waals surface area contributed by atoms with E-state index in [1.807, 2.05) is 78.9 Å². The van der Waals surface area contributed by atoms with E-state index in [1.165, 1.54) is 11.3 Å². The van der Waals surface area contributed by atoms with Gasteiger partial charge in [0.25, 0.3) is 11.8 Å². The lowest BCUT2D eigenvalue weighted by Crippen LogP contribution is -2.37. The zero-order valence-corrected chi connectivity index (χ0v) is 18.4. The van der Waals surface area contributed by atoms with Gasteiger partial charge in [-0.2, -0.15) is 0 Å². The molecule has 0 aliphatic carbocycles. The fourth-order valence-electron chi connectivity index (χ4n) is 3.84. The molecule has 0 unspecified atom stereocenters. The average Bonchev–Trinajstić information content (AvgIpc) is 3.47. The van der Waals surface area contributed by atoms with Crippen LogP contribution in [-0.4, -0.2) is 21.7 Å². The zero-order chi connectivity index (χ0) is 22.6. The van der Waals surface area contributed by atoms with Gasteiger partial charge in [-0.1, -0.05) is 66.4 Å². The van der Waals surface area contributed by atoms with Crippen molar-refractivity contribution < 1.29 is 9.59 Å². The molecule has 5 nitrogen and oxygen atoms in total. The topological polar surface area (TPSA) is 62.3 Å². The third-order valence-electron chi connectivity index (χ3n) is 5.40. The number of carbonyl (C=O) groups excluding carboxylic acids is 2. The van der Waals surface area contributed by atoms with Crippen LogP contribution in [-0.2, 0) is 11.3 Å². The molecule has 0 saturated heterocycles. The lowest BCUT2D eigenvalue weighted by atomic mass is 10.0. The number of amides is 2. The van der Waals surface area contributed by atoms with Crippen LogP contribution in [0.25, 0.3) is 0 Å². The number of fused-ring (bicyclic) bond motifs is 1. The van der Waals surface area contributed by atoms with Crippen molar-refractivity contribution in [3.63, 3.8) is 0 Å². The molecule has 0 spiro atoms. The molecule has 1 N–H and O–H groups in total. The first-order valence-electron chi connectivity index (χ1n) is 10.5. The van der Waals surface area contributed by atoms with E-state index >= 15 is 0 Å². The van der Waals surface area contributed by atoms with Crippen molar-refractivity contribution in [1.29, 1.82) is 0 Å². The monoisotopic (exact) mass is 449 g/mol. The van der Waals surface area contributed by atoms with Gasteiger partial charge in [-0.05, 0) is 35.4 Å². The third-order valence-corrected chi connectivity index (χ3v) is 6.09. The number of hydrogen-bond donors (Lipinski definition) is 1. The highest BCUT2D eigenvalue weighted by molar-refractivity contribution is 7.13. The summed E-state index contributed by atoms with van der Waals surface area (Å²) in [5.41, 5.74) is 3.88. The predicted octanol–water partition coefficient (Wildman–Crippen LogP) is 4.88. The van der Waals surface area contributed by atoms with Crippen LogP contribution in [0.4, 0.5) is 5.13 Å². The summed E-state index contributed by atoms with van der Waals surface area (Å²) in [6.07, 6.45) is 1.63. The van der Waals surface area contributed by atoms with E-state index in [0.717, 1.165) is 22.3 Å². The number of hydrogen-bond acceptors (Lipinski definition) is 4. The van der Waals surface area contributed by atoms with Crippen LogP contribution in [0.1, 0.15) is 38.7 Å². The zero-order valence-electron chi connectivity index (χ0n) is 17.6. The Hall–Kier alpha value is -4.21. The summed E-state index contributed by atoms with van der Waals surface area (Å²) in [6.45, 7) is 0.353. The first-order chi connectivity index (χ1) is 16.2. The molecule has 1 aromatic heterocycles. The van der Waals surface area contributed by atoms with Crippen LogP contribution in [0.15, 0.2) is 90.4 Å². The van der Waals surface area contributed by atoms with Gasteiger partial charge in [0.1, 0.15) is 6.04 Å². The van der Waals surface area contributed by atoms with Crippen molar-refractivity contribution in [1.82, 2.24) is 9.88 Å². The number of nitrogens with one attached hydrogen (secondary N) is 1. The molecular formula is C27H19N3O2S. The Morgan fingerprint density at radius 2 is 1.70 bits per heavy atom. The number of rotatable bonds is 4. The fourth-order valence-corrected chi connectivity index (χ4v) is 4.37. The van der Waals surface area contributed by atoms with E-state index in [9.17, 15) is 9.59 Å². The number of aromatic nitrogens is 1. The minimum absolute atomic E-state index is 0.184. The van der Waals surface area contributed by atoms with Crippen molar-refractivity contribution in [2.24, 2.45) is 0 Å². The summed E-state index contributed by atoms with van der Waals surface area (Å²) in [6, 6.07) is 23.9. The molecule has 160 valence electrons. The summed E-state index contributed by atoms with van der Waals surface area (Å²) in [7, 11) is 0. The number of thiazole rings is 1. The Labute approximate surface area is 195 Å². The molecule has 33 heavy (non-hydrogen) atoms. The third kappa shape index (κ3) is 4.40. The first kappa shape index (κ1) is 20.7. The summed E-state index contributed by atoms with van der Waals surface area (Å²) < 4.78 is 0. The second-order valence-corrected chi connectivity index (χ2v) is 8.46. The smallest absolute Gasteiger partial charge is 0.255 e.